The number of hydrogen-bond donors (Lipinski definition) is 12. The summed E-state index contributed by atoms with van der Waals surface area (Å²) in [5.41, 5.74) is 0. The number of rotatable bonds is 0. The molecule has 0 radical (unpaired) electrons. The van der Waals surface area contributed by atoms with Gasteiger partial charge in [0.15, 0.2) is 0 Å². The van der Waals surface area contributed by atoms with Gasteiger partial charge in [-0.1, -0.05) is 0 Å². The van der Waals surface area contributed by atoms with Crippen molar-refractivity contribution >= 4 is 183 Å². The molecule has 12 N–H and O–H groups in total. The second-order valence-corrected chi connectivity index (χ2v) is 1.39. The molecule has 0 aliphatic heterocycles. The van der Waals surface area contributed by atoms with Crippen molar-refractivity contribution in [3.8, 4) is 0 Å². The van der Waals surface area contributed by atoms with E-state index in [1.54, 1.807) is 0 Å². The first kappa shape index (κ1) is 43.8. The topological polar surface area (TPSA) is 243 Å². The van der Waals surface area contributed by atoms with E-state index in [0.717, 1.165) is 0 Å². The molecule has 0 aromatic rings. The van der Waals surface area contributed by atoms with Crippen LogP contribution in [-0.4, -0.2) is 244 Å². The Morgan fingerprint density at radius 2 is 0.263 bits per heavy atom. The standard InChI is InChI=1S/4BH3O3.3K.3H/c4*2-1(3)4;;;;;;/h4*2-4H;;;;;;. The van der Waals surface area contributed by atoms with Crippen LogP contribution in [0.25, 0.3) is 0 Å². The summed E-state index contributed by atoms with van der Waals surface area (Å²) in [6.07, 6.45) is 0. The molecule has 0 amide bonds. The van der Waals surface area contributed by atoms with E-state index in [9.17, 15) is 0 Å². The van der Waals surface area contributed by atoms with Gasteiger partial charge in [-0.2, -0.15) is 0 Å². The summed E-state index contributed by atoms with van der Waals surface area (Å²) in [4.78, 5) is 0. The maximum atomic E-state index is 7.17. The molecule has 0 aromatic heterocycles. The van der Waals surface area contributed by atoms with Crippen LogP contribution in [0.3, 0.4) is 0 Å². The summed E-state index contributed by atoms with van der Waals surface area (Å²) in [5.74, 6) is 0. The van der Waals surface area contributed by atoms with Crippen molar-refractivity contribution in [2.24, 2.45) is 0 Å². The van der Waals surface area contributed by atoms with Crippen LogP contribution in [0.15, 0.2) is 0 Å². The van der Waals surface area contributed by atoms with Gasteiger partial charge in [0, 0.05) is 0 Å². The van der Waals surface area contributed by atoms with E-state index in [1.807, 2.05) is 0 Å². The van der Waals surface area contributed by atoms with Gasteiger partial charge >= 0.3 is 183 Å². The first-order valence-corrected chi connectivity index (χ1v) is 3.10. The Morgan fingerprint density at radius 1 is 0.263 bits per heavy atom. The summed E-state index contributed by atoms with van der Waals surface area (Å²) in [6.45, 7) is 0. The predicted molar refractivity (Wildman–Crippen MR) is 71.1 cm³/mol. The van der Waals surface area contributed by atoms with Gasteiger partial charge in [0.05, 0.1) is 0 Å². The molecule has 0 saturated heterocycles. The second kappa shape index (κ2) is 38.3. The van der Waals surface area contributed by atoms with Gasteiger partial charge in [-0.25, -0.2) is 0 Å². The molecule has 0 heterocycles. The zero-order valence-corrected chi connectivity index (χ0v) is 7.68. The Bertz CT molecular complexity index is 68.0. The van der Waals surface area contributed by atoms with Crippen LogP contribution >= 0.6 is 0 Å². The van der Waals surface area contributed by atoms with E-state index < -0.39 is 29.3 Å². The Labute approximate surface area is 237 Å². The van der Waals surface area contributed by atoms with Crippen LogP contribution in [0.2, 0.25) is 0 Å². The van der Waals surface area contributed by atoms with Gasteiger partial charge in [-0.05, 0) is 0 Å². The molecule has 0 spiro atoms. The maximum absolute atomic E-state index is 7.17. The first-order valence-electron chi connectivity index (χ1n) is 3.10. The molecule has 19 heavy (non-hydrogen) atoms. The molecule has 0 aliphatic carbocycles. The minimum absolute atomic E-state index is 0. The normalized spacial score (nSPS) is 5.68. The van der Waals surface area contributed by atoms with Crippen molar-refractivity contribution in [3.05, 3.63) is 0 Å². The average Bonchev–Trinajstić information content (AvgIpc) is 1.76. The van der Waals surface area contributed by atoms with Crippen LogP contribution < -0.4 is 0 Å². The van der Waals surface area contributed by atoms with Crippen LogP contribution in [0.4, 0.5) is 0 Å². The molecule has 102 valence electrons. The van der Waals surface area contributed by atoms with Gasteiger partial charge in [0.2, 0.25) is 0 Å². The Kier molecular flexibility index (Phi) is 88.3. The molecule has 0 fully saturated rings. The van der Waals surface area contributed by atoms with Crippen LogP contribution in [-0.2, 0) is 0 Å². The fourth-order valence-corrected chi connectivity index (χ4v) is 0. The van der Waals surface area contributed by atoms with E-state index >= 15 is 0 Å². The van der Waals surface area contributed by atoms with Crippen molar-refractivity contribution in [1.29, 1.82) is 0 Å². The third-order valence-electron chi connectivity index (χ3n) is 0. The fourth-order valence-electron chi connectivity index (χ4n) is 0. The van der Waals surface area contributed by atoms with Crippen molar-refractivity contribution in [3.63, 3.8) is 0 Å². The first-order chi connectivity index (χ1) is 6.93. The third kappa shape index (κ3) is 442. The van der Waals surface area contributed by atoms with E-state index in [-0.39, 0.29) is 154 Å². The predicted octanol–water partition coefficient (Wildman–Crippen LogP) is -10.2. The van der Waals surface area contributed by atoms with E-state index in [4.69, 9.17) is 60.3 Å². The Balaban J connectivity index is -0.0000000192. The summed E-state index contributed by atoms with van der Waals surface area (Å²) in [5, 5.41) is 86.0. The summed E-state index contributed by atoms with van der Waals surface area (Å²) in [7, 11) is -8.67. The molecule has 12 nitrogen and oxygen atoms in total. The average molecular weight is 368 g/mol. The van der Waals surface area contributed by atoms with E-state index in [2.05, 4.69) is 0 Å². The minimum atomic E-state index is -2.17. The molecule has 0 bridgehead atoms. The monoisotopic (exact) mass is 368 g/mol. The molecule has 0 unspecified atom stereocenters. The van der Waals surface area contributed by atoms with Gasteiger partial charge < -0.3 is 60.3 Å². The van der Waals surface area contributed by atoms with Gasteiger partial charge in [-0.15, -0.1) is 0 Å². The van der Waals surface area contributed by atoms with Crippen molar-refractivity contribution in [2.45, 2.75) is 0 Å². The van der Waals surface area contributed by atoms with Gasteiger partial charge in [0.1, 0.15) is 0 Å². The molecule has 0 atom stereocenters. The SMILES string of the molecule is OB(O)O.OB(O)O.OB(O)O.OB(O)O.[KH].[KH].[KH]. The van der Waals surface area contributed by atoms with Crippen LogP contribution in [0.1, 0.15) is 0 Å². The van der Waals surface area contributed by atoms with Crippen LogP contribution in [0, 0.1) is 0 Å². The Hall–Kier alpha value is 4.69. The summed E-state index contributed by atoms with van der Waals surface area (Å²) < 4.78 is 0. The Morgan fingerprint density at radius 3 is 0.263 bits per heavy atom. The quantitative estimate of drug-likeness (QED) is 0.178. The third-order valence-corrected chi connectivity index (χ3v) is 0. The zero-order valence-electron chi connectivity index (χ0n) is 7.68. The zero-order chi connectivity index (χ0) is 14.3. The van der Waals surface area contributed by atoms with Gasteiger partial charge in [0.25, 0.3) is 0 Å². The summed E-state index contributed by atoms with van der Waals surface area (Å²) in [6, 6.07) is 0. The van der Waals surface area contributed by atoms with Gasteiger partial charge in [-0.3, -0.25) is 0 Å². The van der Waals surface area contributed by atoms with Crippen molar-refractivity contribution < 1.29 is 60.3 Å². The molecule has 0 rings (SSSR count). The van der Waals surface area contributed by atoms with E-state index in [1.165, 1.54) is 0 Å². The molecule has 0 aromatic carbocycles. The van der Waals surface area contributed by atoms with Crippen LogP contribution in [0.5, 0.6) is 0 Å². The molecule has 0 saturated carbocycles. The molecule has 0 aliphatic rings. The van der Waals surface area contributed by atoms with E-state index in [0.29, 0.717) is 0 Å². The van der Waals surface area contributed by atoms with Crippen molar-refractivity contribution in [2.75, 3.05) is 0 Å². The summed E-state index contributed by atoms with van der Waals surface area (Å²) >= 11 is 0. The van der Waals surface area contributed by atoms with Crippen molar-refractivity contribution in [1.82, 2.24) is 0 Å². The fraction of sp³-hybridized carbons (Fsp3) is 0. The molecular formula is H15B4K3O12. The second-order valence-electron chi connectivity index (χ2n) is 1.39. The number of hydrogen-bond acceptors (Lipinski definition) is 12. The molecular weight excluding hydrogens is 353 g/mol. The molecule has 19 heteroatoms.